The summed E-state index contributed by atoms with van der Waals surface area (Å²) in [6.07, 6.45) is 0. The molecule has 0 saturated heterocycles. The SMILES string of the molecule is O=C(O)c1cc(CBr)c(F)cc1F. The van der Waals surface area contributed by atoms with Crippen LogP contribution in [0, 0.1) is 11.6 Å². The van der Waals surface area contributed by atoms with E-state index in [-0.39, 0.29) is 10.9 Å². The molecule has 0 heterocycles. The second kappa shape index (κ2) is 3.83. The Kier molecular flexibility index (Phi) is 2.98. The van der Waals surface area contributed by atoms with Crippen LogP contribution in [0.15, 0.2) is 12.1 Å². The molecule has 0 radical (unpaired) electrons. The number of hydrogen-bond acceptors (Lipinski definition) is 1. The molecule has 0 bridgehead atoms. The predicted octanol–water partition coefficient (Wildman–Crippen LogP) is 2.56. The molecule has 13 heavy (non-hydrogen) atoms. The van der Waals surface area contributed by atoms with Gasteiger partial charge in [0, 0.05) is 11.4 Å². The summed E-state index contributed by atoms with van der Waals surface area (Å²) in [5, 5.41) is 8.65. The Hall–Kier alpha value is -0.970. The number of rotatable bonds is 2. The van der Waals surface area contributed by atoms with E-state index in [1.807, 2.05) is 0 Å². The van der Waals surface area contributed by atoms with Gasteiger partial charge in [-0.05, 0) is 11.6 Å². The van der Waals surface area contributed by atoms with Crippen molar-refractivity contribution >= 4 is 21.9 Å². The number of carboxylic acid groups (broad SMARTS) is 1. The summed E-state index contributed by atoms with van der Waals surface area (Å²) >= 11 is 2.96. The molecule has 70 valence electrons. The maximum Gasteiger partial charge on any atom is 0.338 e. The van der Waals surface area contributed by atoms with E-state index < -0.39 is 23.2 Å². The first-order valence-corrected chi connectivity index (χ1v) is 4.45. The van der Waals surface area contributed by atoms with E-state index in [1.165, 1.54) is 0 Å². The van der Waals surface area contributed by atoms with Crippen LogP contribution in [0.4, 0.5) is 8.78 Å². The van der Waals surface area contributed by atoms with E-state index >= 15 is 0 Å². The normalized spacial score (nSPS) is 10.1. The van der Waals surface area contributed by atoms with Gasteiger partial charge < -0.3 is 5.11 Å². The van der Waals surface area contributed by atoms with Crippen LogP contribution in [-0.2, 0) is 5.33 Å². The Morgan fingerprint density at radius 2 is 2.00 bits per heavy atom. The first kappa shape index (κ1) is 10.1. The van der Waals surface area contributed by atoms with Gasteiger partial charge in [-0.2, -0.15) is 0 Å². The molecule has 5 heteroatoms. The highest BCUT2D eigenvalue weighted by Gasteiger charge is 2.14. The Labute approximate surface area is 81.3 Å². The van der Waals surface area contributed by atoms with E-state index in [2.05, 4.69) is 15.9 Å². The molecule has 0 fully saturated rings. The molecule has 0 saturated carbocycles. The average molecular weight is 251 g/mol. The summed E-state index contributed by atoms with van der Waals surface area (Å²) in [6.45, 7) is 0. The van der Waals surface area contributed by atoms with Gasteiger partial charge in [-0.3, -0.25) is 0 Å². The Morgan fingerprint density at radius 1 is 1.38 bits per heavy atom. The second-order valence-corrected chi connectivity index (χ2v) is 2.92. The topological polar surface area (TPSA) is 37.3 Å². The maximum atomic E-state index is 12.8. The predicted molar refractivity (Wildman–Crippen MR) is 45.9 cm³/mol. The molecular weight excluding hydrogens is 246 g/mol. The number of halogens is 3. The minimum absolute atomic E-state index is 0.124. The largest absolute Gasteiger partial charge is 0.478 e. The summed E-state index contributed by atoms with van der Waals surface area (Å²) in [5.41, 5.74) is -0.394. The lowest BCUT2D eigenvalue weighted by Crippen LogP contribution is -2.03. The second-order valence-electron chi connectivity index (χ2n) is 2.36. The van der Waals surface area contributed by atoms with Gasteiger partial charge in [-0.25, -0.2) is 13.6 Å². The zero-order chi connectivity index (χ0) is 10.0. The molecule has 2 nitrogen and oxygen atoms in total. The first-order chi connectivity index (χ1) is 6.06. The van der Waals surface area contributed by atoms with E-state index in [9.17, 15) is 13.6 Å². The van der Waals surface area contributed by atoms with Crippen LogP contribution in [-0.4, -0.2) is 11.1 Å². The Morgan fingerprint density at radius 3 is 2.46 bits per heavy atom. The molecule has 1 N–H and O–H groups in total. The van der Waals surface area contributed by atoms with Crippen molar-refractivity contribution in [3.8, 4) is 0 Å². The number of carboxylic acids is 1. The van der Waals surface area contributed by atoms with Crippen LogP contribution in [0.5, 0.6) is 0 Å². The van der Waals surface area contributed by atoms with Gasteiger partial charge in [0.05, 0.1) is 5.56 Å². The monoisotopic (exact) mass is 250 g/mol. The Bertz CT molecular complexity index is 352. The van der Waals surface area contributed by atoms with Crippen molar-refractivity contribution in [2.45, 2.75) is 5.33 Å². The fourth-order valence-electron chi connectivity index (χ4n) is 0.860. The summed E-state index contributed by atoms with van der Waals surface area (Å²) in [4.78, 5) is 10.4. The van der Waals surface area contributed by atoms with Gasteiger partial charge in [0.25, 0.3) is 0 Å². The molecule has 0 amide bonds. The standard InChI is InChI=1S/C8H5BrF2O2/c9-3-4-1-5(8(12)13)7(11)2-6(4)10/h1-2H,3H2,(H,12,13). The number of aromatic carboxylic acids is 1. The fourth-order valence-corrected chi connectivity index (χ4v) is 1.29. The number of carbonyl (C=O) groups is 1. The highest BCUT2D eigenvalue weighted by Crippen LogP contribution is 2.17. The van der Waals surface area contributed by atoms with Crippen LogP contribution in [0.1, 0.15) is 15.9 Å². The first-order valence-electron chi connectivity index (χ1n) is 3.33. The molecule has 0 atom stereocenters. The molecule has 0 aromatic heterocycles. The van der Waals surface area contributed by atoms with Crippen LogP contribution >= 0.6 is 15.9 Å². The van der Waals surface area contributed by atoms with Crippen molar-refractivity contribution in [3.05, 3.63) is 34.9 Å². The lowest BCUT2D eigenvalue weighted by Gasteiger charge is -2.01. The van der Waals surface area contributed by atoms with E-state index in [0.717, 1.165) is 6.07 Å². The van der Waals surface area contributed by atoms with Crippen molar-refractivity contribution in [1.82, 2.24) is 0 Å². The molecular formula is C8H5BrF2O2. The minimum atomic E-state index is -1.40. The number of hydrogen-bond donors (Lipinski definition) is 1. The summed E-state index contributed by atoms with van der Waals surface area (Å²) in [5.74, 6) is -3.21. The molecule has 0 aliphatic carbocycles. The van der Waals surface area contributed by atoms with Crippen LogP contribution < -0.4 is 0 Å². The van der Waals surface area contributed by atoms with Crippen LogP contribution in [0.25, 0.3) is 0 Å². The summed E-state index contributed by atoms with van der Waals surface area (Å²) in [7, 11) is 0. The van der Waals surface area contributed by atoms with Crippen molar-refractivity contribution in [3.63, 3.8) is 0 Å². The molecule has 0 aliphatic rings. The molecule has 0 unspecified atom stereocenters. The van der Waals surface area contributed by atoms with Gasteiger partial charge in [0.15, 0.2) is 0 Å². The summed E-state index contributed by atoms with van der Waals surface area (Å²) < 4.78 is 25.6. The fraction of sp³-hybridized carbons (Fsp3) is 0.125. The third kappa shape index (κ3) is 2.03. The highest BCUT2D eigenvalue weighted by molar-refractivity contribution is 9.08. The lowest BCUT2D eigenvalue weighted by atomic mass is 10.1. The van der Waals surface area contributed by atoms with Crippen LogP contribution in [0.2, 0.25) is 0 Å². The van der Waals surface area contributed by atoms with Gasteiger partial charge in [-0.15, -0.1) is 0 Å². The average Bonchev–Trinajstić information content (AvgIpc) is 2.03. The molecule has 1 aromatic rings. The Balaban J connectivity index is 3.30. The zero-order valence-electron chi connectivity index (χ0n) is 6.35. The van der Waals surface area contributed by atoms with E-state index in [1.54, 1.807) is 0 Å². The van der Waals surface area contributed by atoms with Gasteiger partial charge in [-0.1, -0.05) is 15.9 Å². The van der Waals surface area contributed by atoms with Gasteiger partial charge in [0.1, 0.15) is 11.6 Å². The van der Waals surface area contributed by atoms with Gasteiger partial charge >= 0.3 is 5.97 Å². The molecule has 0 spiro atoms. The van der Waals surface area contributed by atoms with Crippen LogP contribution in [0.3, 0.4) is 0 Å². The number of benzene rings is 1. The smallest absolute Gasteiger partial charge is 0.338 e. The van der Waals surface area contributed by atoms with E-state index in [0.29, 0.717) is 6.07 Å². The van der Waals surface area contributed by atoms with E-state index in [4.69, 9.17) is 5.11 Å². The van der Waals surface area contributed by atoms with Crippen molar-refractivity contribution in [1.29, 1.82) is 0 Å². The van der Waals surface area contributed by atoms with Crippen molar-refractivity contribution < 1.29 is 18.7 Å². The molecule has 0 aliphatic heterocycles. The van der Waals surface area contributed by atoms with Crippen molar-refractivity contribution in [2.75, 3.05) is 0 Å². The molecule has 1 aromatic carbocycles. The van der Waals surface area contributed by atoms with Crippen molar-refractivity contribution in [2.24, 2.45) is 0 Å². The summed E-state index contributed by atoms with van der Waals surface area (Å²) in [6, 6.07) is 1.54. The quantitative estimate of drug-likeness (QED) is 0.820. The lowest BCUT2D eigenvalue weighted by molar-refractivity contribution is 0.0691. The highest BCUT2D eigenvalue weighted by atomic mass is 79.9. The minimum Gasteiger partial charge on any atom is -0.478 e. The maximum absolute atomic E-state index is 12.8. The van der Waals surface area contributed by atoms with Gasteiger partial charge in [0.2, 0.25) is 0 Å². The molecule has 1 rings (SSSR count). The zero-order valence-corrected chi connectivity index (χ0v) is 7.94. The third-order valence-corrected chi connectivity index (χ3v) is 2.11. The third-order valence-electron chi connectivity index (χ3n) is 1.51. The number of alkyl halides is 1.